The monoisotopic (exact) mass is 340 g/mol. The fourth-order valence-corrected chi connectivity index (χ4v) is 3.31. The fraction of sp³-hybridized carbons (Fsp3) is 0.0909. The summed E-state index contributed by atoms with van der Waals surface area (Å²) in [5.74, 6) is 1.05. The topological polar surface area (TPSA) is 52.1 Å². The van der Waals surface area contributed by atoms with Crippen molar-refractivity contribution in [2.45, 2.75) is 13.8 Å². The lowest BCUT2D eigenvalue weighted by Crippen LogP contribution is -1.83. The van der Waals surface area contributed by atoms with Crippen molar-refractivity contribution in [2.24, 2.45) is 0 Å². The van der Waals surface area contributed by atoms with E-state index in [4.69, 9.17) is 8.83 Å². The highest BCUT2D eigenvalue weighted by atomic mass is 16.4. The maximum absolute atomic E-state index is 5.85. The Bertz CT molecular complexity index is 1210. The van der Waals surface area contributed by atoms with Crippen molar-refractivity contribution < 1.29 is 8.83 Å². The van der Waals surface area contributed by atoms with Crippen molar-refractivity contribution in [2.75, 3.05) is 0 Å². The summed E-state index contributed by atoms with van der Waals surface area (Å²) in [5.41, 5.74) is 5.01. The van der Waals surface area contributed by atoms with E-state index in [1.54, 1.807) is 0 Å². The van der Waals surface area contributed by atoms with Gasteiger partial charge in [-0.1, -0.05) is 47.5 Å². The highest BCUT2D eigenvalue weighted by Crippen LogP contribution is 2.30. The molecule has 0 aliphatic heterocycles. The zero-order valence-corrected chi connectivity index (χ0v) is 14.5. The minimum atomic E-state index is 0.419. The van der Waals surface area contributed by atoms with Crippen LogP contribution in [0.2, 0.25) is 0 Å². The van der Waals surface area contributed by atoms with Gasteiger partial charge < -0.3 is 8.83 Å². The van der Waals surface area contributed by atoms with E-state index in [2.05, 4.69) is 54.1 Å². The largest absolute Gasteiger partial charge is 0.415 e. The molecular weight excluding hydrogens is 324 g/mol. The van der Waals surface area contributed by atoms with Gasteiger partial charge in [-0.05, 0) is 48.9 Å². The molecule has 0 saturated carbocycles. The Morgan fingerprint density at radius 3 is 1.92 bits per heavy atom. The SMILES string of the molecule is Cc1cc(C)cc(-c2nc3oc(-c4ccc5ccccc5c4)nc3o2)c1. The first-order valence-corrected chi connectivity index (χ1v) is 8.51. The second kappa shape index (κ2) is 5.56. The van der Waals surface area contributed by atoms with Crippen LogP contribution in [0.25, 0.3) is 45.1 Å². The number of benzene rings is 3. The number of rotatable bonds is 2. The fourth-order valence-electron chi connectivity index (χ4n) is 3.31. The molecule has 0 saturated heterocycles. The summed E-state index contributed by atoms with van der Waals surface area (Å²) in [4.78, 5) is 8.96. The molecule has 0 fully saturated rings. The van der Waals surface area contributed by atoms with E-state index in [1.165, 1.54) is 16.5 Å². The van der Waals surface area contributed by atoms with Crippen molar-refractivity contribution >= 4 is 22.2 Å². The Labute approximate surface area is 150 Å². The van der Waals surface area contributed by atoms with Crippen LogP contribution in [0, 0.1) is 13.8 Å². The van der Waals surface area contributed by atoms with Crippen LogP contribution < -0.4 is 0 Å². The Balaban J connectivity index is 1.57. The second-order valence-corrected chi connectivity index (χ2v) is 6.59. The number of aryl methyl sites for hydroxylation is 2. The van der Waals surface area contributed by atoms with Gasteiger partial charge in [0.1, 0.15) is 0 Å². The van der Waals surface area contributed by atoms with Gasteiger partial charge >= 0.3 is 0 Å². The van der Waals surface area contributed by atoms with Gasteiger partial charge in [0, 0.05) is 11.1 Å². The normalized spacial score (nSPS) is 11.5. The first kappa shape index (κ1) is 14.9. The summed E-state index contributed by atoms with van der Waals surface area (Å²) >= 11 is 0. The van der Waals surface area contributed by atoms with Gasteiger partial charge in [-0.3, -0.25) is 0 Å². The number of hydrogen-bond acceptors (Lipinski definition) is 4. The lowest BCUT2D eigenvalue weighted by atomic mass is 10.1. The third-order valence-electron chi connectivity index (χ3n) is 4.44. The van der Waals surface area contributed by atoms with Crippen molar-refractivity contribution in [1.82, 2.24) is 9.97 Å². The van der Waals surface area contributed by atoms with E-state index < -0.39 is 0 Å². The Morgan fingerprint density at radius 1 is 0.615 bits per heavy atom. The minimum absolute atomic E-state index is 0.419. The molecule has 0 N–H and O–H groups in total. The maximum atomic E-state index is 5.85. The molecule has 0 aliphatic rings. The van der Waals surface area contributed by atoms with Crippen LogP contribution in [0.1, 0.15) is 11.1 Å². The van der Waals surface area contributed by atoms with Crippen LogP contribution in [0.5, 0.6) is 0 Å². The van der Waals surface area contributed by atoms with Crippen molar-refractivity contribution in [1.29, 1.82) is 0 Å². The Kier molecular flexibility index (Phi) is 3.19. The van der Waals surface area contributed by atoms with Gasteiger partial charge in [0.15, 0.2) is 0 Å². The van der Waals surface area contributed by atoms with Crippen LogP contribution >= 0.6 is 0 Å². The van der Waals surface area contributed by atoms with Gasteiger partial charge in [-0.2, -0.15) is 9.97 Å². The van der Waals surface area contributed by atoms with Gasteiger partial charge in [-0.15, -0.1) is 0 Å². The van der Waals surface area contributed by atoms with Gasteiger partial charge in [-0.25, -0.2) is 0 Å². The van der Waals surface area contributed by atoms with Crippen LogP contribution in [0.3, 0.4) is 0 Å². The third-order valence-corrected chi connectivity index (χ3v) is 4.44. The maximum Gasteiger partial charge on any atom is 0.288 e. The predicted octanol–water partition coefficient (Wildman–Crippen LogP) is 5.92. The van der Waals surface area contributed by atoms with E-state index in [1.807, 2.05) is 30.3 Å². The number of aromatic nitrogens is 2. The predicted molar refractivity (Wildman–Crippen MR) is 102 cm³/mol. The molecule has 26 heavy (non-hydrogen) atoms. The van der Waals surface area contributed by atoms with Crippen molar-refractivity contribution in [3.8, 4) is 22.9 Å². The average molecular weight is 340 g/mol. The average Bonchev–Trinajstić information content (AvgIpc) is 3.19. The summed E-state index contributed by atoms with van der Waals surface area (Å²) in [6, 6.07) is 20.5. The Morgan fingerprint density at radius 2 is 1.23 bits per heavy atom. The number of nitrogens with zero attached hydrogens (tertiary/aromatic N) is 2. The van der Waals surface area contributed by atoms with Crippen LogP contribution in [0.15, 0.2) is 69.5 Å². The molecule has 4 heteroatoms. The smallest absolute Gasteiger partial charge is 0.288 e. The first-order valence-electron chi connectivity index (χ1n) is 8.51. The van der Waals surface area contributed by atoms with Gasteiger partial charge in [0.25, 0.3) is 11.4 Å². The molecule has 126 valence electrons. The molecule has 2 heterocycles. The minimum Gasteiger partial charge on any atom is -0.415 e. The standard InChI is InChI=1S/C22H16N2O2/c1-13-9-14(2)11-18(10-13)20-24-22-21(26-20)23-19(25-22)17-8-7-15-5-3-4-6-16(15)12-17/h3-12H,1-2H3. The molecule has 0 amide bonds. The van der Waals surface area contributed by atoms with E-state index >= 15 is 0 Å². The molecule has 0 spiro atoms. The highest BCUT2D eigenvalue weighted by molar-refractivity contribution is 5.86. The number of oxazole rings is 2. The van der Waals surface area contributed by atoms with E-state index in [0.717, 1.165) is 16.5 Å². The van der Waals surface area contributed by atoms with Gasteiger partial charge in [0.2, 0.25) is 11.8 Å². The van der Waals surface area contributed by atoms with Crippen LogP contribution in [-0.4, -0.2) is 9.97 Å². The third kappa shape index (κ3) is 2.47. The zero-order chi connectivity index (χ0) is 17.7. The molecule has 0 radical (unpaired) electrons. The molecule has 5 rings (SSSR count). The molecule has 2 aromatic heterocycles. The number of fused-ring (bicyclic) bond motifs is 2. The van der Waals surface area contributed by atoms with Crippen LogP contribution in [-0.2, 0) is 0 Å². The molecule has 4 nitrogen and oxygen atoms in total. The summed E-state index contributed by atoms with van der Waals surface area (Å²) in [7, 11) is 0. The summed E-state index contributed by atoms with van der Waals surface area (Å²) in [6.07, 6.45) is 0. The van der Waals surface area contributed by atoms with Crippen molar-refractivity contribution in [3.63, 3.8) is 0 Å². The molecule has 3 aromatic carbocycles. The lowest BCUT2D eigenvalue weighted by molar-refractivity contribution is 0.597. The highest BCUT2D eigenvalue weighted by Gasteiger charge is 2.16. The number of hydrogen-bond donors (Lipinski definition) is 0. The quantitative estimate of drug-likeness (QED) is 0.400. The lowest BCUT2D eigenvalue weighted by Gasteiger charge is -2.01. The van der Waals surface area contributed by atoms with E-state index in [-0.39, 0.29) is 0 Å². The van der Waals surface area contributed by atoms with Crippen LogP contribution in [0.4, 0.5) is 0 Å². The van der Waals surface area contributed by atoms with E-state index in [9.17, 15) is 0 Å². The summed E-state index contributed by atoms with van der Waals surface area (Å²) < 4.78 is 11.7. The van der Waals surface area contributed by atoms with E-state index in [0.29, 0.717) is 23.2 Å². The molecule has 0 atom stereocenters. The second-order valence-electron chi connectivity index (χ2n) is 6.59. The zero-order valence-electron chi connectivity index (χ0n) is 14.5. The molecule has 5 aromatic rings. The summed E-state index contributed by atoms with van der Waals surface area (Å²) in [5, 5.41) is 2.32. The summed E-state index contributed by atoms with van der Waals surface area (Å²) in [6.45, 7) is 4.11. The van der Waals surface area contributed by atoms with Crippen molar-refractivity contribution in [3.05, 3.63) is 71.8 Å². The van der Waals surface area contributed by atoms with Gasteiger partial charge in [0.05, 0.1) is 0 Å². The molecule has 0 unspecified atom stereocenters. The molecule has 0 aliphatic carbocycles. The first-order chi connectivity index (χ1) is 12.7. The Hall–Kier alpha value is -3.40. The molecular formula is C22H16N2O2. The molecule has 0 bridgehead atoms.